The summed E-state index contributed by atoms with van der Waals surface area (Å²) in [5.41, 5.74) is -0.957. The van der Waals surface area contributed by atoms with Crippen LogP contribution in [0.2, 0.25) is 0 Å². The number of rotatable bonds is 8. The predicted octanol–water partition coefficient (Wildman–Crippen LogP) is 2.22. The van der Waals surface area contributed by atoms with Crippen molar-refractivity contribution in [3.8, 4) is 0 Å². The number of carbonyl (C=O) groups is 2. The van der Waals surface area contributed by atoms with E-state index in [0.29, 0.717) is 32.1 Å². The van der Waals surface area contributed by atoms with Gasteiger partial charge in [-0.3, -0.25) is 4.79 Å². The second-order valence-corrected chi connectivity index (χ2v) is 7.04. The van der Waals surface area contributed by atoms with Crippen molar-refractivity contribution >= 4 is 12.0 Å². The van der Waals surface area contributed by atoms with Crippen LogP contribution in [0, 0.1) is 5.92 Å². The Hall–Kier alpha value is -1.30. The third-order valence-corrected chi connectivity index (χ3v) is 3.58. The summed E-state index contributed by atoms with van der Waals surface area (Å²) in [6.45, 7) is 10.7. The lowest BCUT2D eigenvalue weighted by atomic mass is 9.95. The van der Waals surface area contributed by atoms with Gasteiger partial charge >= 0.3 is 6.09 Å². The van der Waals surface area contributed by atoms with Crippen molar-refractivity contribution in [2.24, 2.45) is 5.92 Å². The van der Waals surface area contributed by atoms with E-state index in [0.717, 1.165) is 12.8 Å². The van der Waals surface area contributed by atoms with E-state index in [1.54, 1.807) is 0 Å². The Bertz CT molecular complexity index is 388. The number of amides is 2. The van der Waals surface area contributed by atoms with Crippen LogP contribution in [0.15, 0.2) is 0 Å². The number of hydrogen-bond donors (Lipinski definition) is 2. The zero-order valence-electron chi connectivity index (χ0n) is 14.5. The molecule has 0 aromatic carbocycles. The fourth-order valence-corrected chi connectivity index (χ4v) is 2.27. The van der Waals surface area contributed by atoms with Crippen LogP contribution >= 0.6 is 0 Å². The van der Waals surface area contributed by atoms with Crippen molar-refractivity contribution in [3.05, 3.63) is 0 Å². The fourth-order valence-electron chi connectivity index (χ4n) is 2.27. The summed E-state index contributed by atoms with van der Waals surface area (Å²) in [7, 11) is 0. The van der Waals surface area contributed by atoms with Gasteiger partial charge < -0.3 is 20.1 Å². The topological polar surface area (TPSA) is 76.7 Å². The second kappa shape index (κ2) is 7.81. The smallest absolute Gasteiger partial charge is 0.407 e. The molecule has 1 unspecified atom stereocenters. The van der Waals surface area contributed by atoms with E-state index in [-0.39, 0.29) is 5.91 Å². The highest BCUT2D eigenvalue weighted by Crippen LogP contribution is 2.39. The molecule has 128 valence electrons. The second-order valence-electron chi connectivity index (χ2n) is 7.04. The molecule has 0 spiro atoms. The summed E-state index contributed by atoms with van der Waals surface area (Å²) in [4.78, 5) is 23.8. The molecule has 0 radical (unpaired) electrons. The molecular formula is C16H30N2O4. The molecule has 2 N–H and O–H groups in total. The average molecular weight is 314 g/mol. The SMILES string of the molecule is CCOCCC(=O)NC(C)(CNC(=O)OC(C)(C)C)C1CC1. The molecule has 0 aromatic heterocycles. The molecule has 1 saturated carbocycles. The van der Waals surface area contributed by atoms with Crippen molar-refractivity contribution in [2.45, 2.75) is 65.0 Å². The van der Waals surface area contributed by atoms with Crippen molar-refractivity contribution < 1.29 is 19.1 Å². The summed E-state index contributed by atoms with van der Waals surface area (Å²) in [5.74, 6) is 0.354. The first-order chi connectivity index (χ1) is 10.2. The molecule has 0 saturated heterocycles. The van der Waals surface area contributed by atoms with Gasteiger partial charge in [-0.1, -0.05) is 0 Å². The number of carbonyl (C=O) groups excluding carboxylic acids is 2. The average Bonchev–Trinajstić information content (AvgIpc) is 3.19. The lowest BCUT2D eigenvalue weighted by Gasteiger charge is -2.32. The van der Waals surface area contributed by atoms with Gasteiger partial charge in [0.15, 0.2) is 0 Å². The van der Waals surface area contributed by atoms with E-state index in [1.165, 1.54) is 0 Å². The third-order valence-electron chi connectivity index (χ3n) is 3.58. The van der Waals surface area contributed by atoms with Crippen molar-refractivity contribution in [3.63, 3.8) is 0 Å². The molecule has 0 aliphatic heterocycles. The molecule has 6 heteroatoms. The lowest BCUT2D eigenvalue weighted by molar-refractivity contribution is -0.124. The van der Waals surface area contributed by atoms with E-state index >= 15 is 0 Å². The van der Waals surface area contributed by atoms with Gasteiger partial charge in [0.05, 0.1) is 12.1 Å². The molecule has 1 aliphatic rings. The van der Waals surface area contributed by atoms with E-state index in [4.69, 9.17) is 9.47 Å². The molecular weight excluding hydrogens is 284 g/mol. The Morgan fingerprint density at radius 3 is 2.32 bits per heavy atom. The van der Waals surface area contributed by atoms with Crippen molar-refractivity contribution in [2.75, 3.05) is 19.8 Å². The summed E-state index contributed by atoms with van der Waals surface area (Å²) in [6, 6.07) is 0. The van der Waals surface area contributed by atoms with Crippen LogP contribution in [0.25, 0.3) is 0 Å². The minimum absolute atomic E-state index is 0.0474. The summed E-state index contributed by atoms with van der Waals surface area (Å²) >= 11 is 0. The van der Waals surface area contributed by atoms with E-state index in [9.17, 15) is 9.59 Å². The highest BCUT2D eigenvalue weighted by molar-refractivity contribution is 5.77. The summed E-state index contributed by atoms with van der Waals surface area (Å²) < 4.78 is 10.4. The molecule has 2 amide bonds. The maximum absolute atomic E-state index is 12.0. The maximum atomic E-state index is 12.0. The monoisotopic (exact) mass is 314 g/mol. The first kappa shape index (κ1) is 18.7. The molecule has 1 fully saturated rings. The quantitative estimate of drug-likeness (QED) is 0.674. The molecule has 1 rings (SSSR count). The van der Waals surface area contributed by atoms with E-state index in [2.05, 4.69) is 10.6 Å². The number of nitrogens with one attached hydrogen (secondary N) is 2. The predicted molar refractivity (Wildman–Crippen MR) is 84.6 cm³/mol. The van der Waals surface area contributed by atoms with Gasteiger partial charge in [-0.05, 0) is 53.4 Å². The molecule has 22 heavy (non-hydrogen) atoms. The number of ether oxygens (including phenoxy) is 2. The van der Waals surface area contributed by atoms with Crippen LogP contribution in [0.1, 0.15) is 53.9 Å². The van der Waals surface area contributed by atoms with Gasteiger partial charge in [0, 0.05) is 19.6 Å². The van der Waals surface area contributed by atoms with Crippen LogP contribution < -0.4 is 10.6 Å². The first-order valence-electron chi connectivity index (χ1n) is 8.02. The van der Waals surface area contributed by atoms with Gasteiger partial charge in [0.1, 0.15) is 5.60 Å². The Morgan fingerprint density at radius 1 is 1.18 bits per heavy atom. The molecule has 6 nitrogen and oxygen atoms in total. The Balaban J connectivity index is 2.46. The number of alkyl carbamates (subject to hydrolysis) is 1. The summed E-state index contributed by atoms with van der Waals surface area (Å²) in [6.07, 6.45) is 2.02. The lowest BCUT2D eigenvalue weighted by Crippen LogP contribution is -2.55. The fraction of sp³-hybridized carbons (Fsp3) is 0.875. The zero-order chi connectivity index (χ0) is 16.8. The third kappa shape index (κ3) is 7.11. The van der Waals surface area contributed by atoms with Crippen LogP contribution in [0.4, 0.5) is 4.79 Å². The molecule has 0 heterocycles. The molecule has 1 aliphatic carbocycles. The van der Waals surface area contributed by atoms with Gasteiger partial charge in [0.2, 0.25) is 5.91 Å². The van der Waals surface area contributed by atoms with Gasteiger partial charge in [-0.2, -0.15) is 0 Å². The minimum atomic E-state index is -0.527. The largest absolute Gasteiger partial charge is 0.444 e. The highest BCUT2D eigenvalue weighted by atomic mass is 16.6. The van der Waals surface area contributed by atoms with Gasteiger partial charge in [-0.15, -0.1) is 0 Å². The van der Waals surface area contributed by atoms with Crippen molar-refractivity contribution in [1.82, 2.24) is 10.6 Å². The standard InChI is InChI=1S/C16H30N2O4/c1-6-21-10-9-13(19)18-16(5,12-7-8-12)11-17-14(20)22-15(2,3)4/h12H,6-11H2,1-5H3,(H,17,20)(H,18,19). The highest BCUT2D eigenvalue weighted by Gasteiger charge is 2.42. The zero-order valence-corrected chi connectivity index (χ0v) is 14.5. The Labute approximate surface area is 133 Å². The summed E-state index contributed by atoms with van der Waals surface area (Å²) in [5, 5.41) is 5.81. The Kier molecular flexibility index (Phi) is 6.66. The normalized spacial score (nSPS) is 17.5. The van der Waals surface area contributed by atoms with Crippen LogP contribution in [-0.2, 0) is 14.3 Å². The maximum Gasteiger partial charge on any atom is 0.407 e. The van der Waals surface area contributed by atoms with Crippen LogP contribution in [0.3, 0.4) is 0 Å². The first-order valence-corrected chi connectivity index (χ1v) is 8.02. The van der Waals surface area contributed by atoms with Crippen molar-refractivity contribution in [1.29, 1.82) is 0 Å². The van der Waals surface area contributed by atoms with Crippen LogP contribution in [-0.4, -0.2) is 42.9 Å². The van der Waals surface area contributed by atoms with Crippen LogP contribution in [0.5, 0.6) is 0 Å². The molecule has 0 aromatic rings. The van der Waals surface area contributed by atoms with E-state index in [1.807, 2.05) is 34.6 Å². The molecule has 1 atom stereocenters. The Morgan fingerprint density at radius 2 is 1.82 bits per heavy atom. The van der Waals surface area contributed by atoms with E-state index < -0.39 is 17.2 Å². The van der Waals surface area contributed by atoms with Gasteiger partial charge in [0.25, 0.3) is 0 Å². The molecule has 0 bridgehead atoms. The number of hydrogen-bond acceptors (Lipinski definition) is 4. The minimum Gasteiger partial charge on any atom is -0.444 e. The van der Waals surface area contributed by atoms with Gasteiger partial charge in [-0.25, -0.2) is 4.79 Å².